The van der Waals surface area contributed by atoms with Crippen molar-refractivity contribution in [2.45, 2.75) is 155 Å². The summed E-state index contributed by atoms with van der Waals surface area (Å²) >= 11 is 0. The van der Waals surface area contributed by atoms with E-state index in [1.54, 1.807) is 83.5 Å². The Morgan fingerprint density at radius 3 is 1.17 bits per heavy atom. The van der Waals surface area contributed by atoms with Gasteiger partial charge in [0, 0.05) is 0 Å². The molecule has 3 fully saturated rings. The molecule has 3 aliphatic carbocycles. The van der Waals surface area contributed by atoms with Crippen LogP contribution in [0.5, 0.6) is 0 Å². The van der Waals surface area contributed by atoms with Gasteiger partial charge in [-0.15, -0.1) is 0 Å². The Hall–Kier alpha value is 0. The zero-order chi connectivity index (χ0) is 21.0. The molecule has 0 aliphatic heterocycles. The highest BCUT2D eigenvalue weighted by molar-refractivity contribution is 4.85. The summed E-state index contributed by atoms with van der Waals surface area (Å²) in [6.45, 7) is 4.69. The van der Waals surface area contributed by atoms with Crippen molar-refractivity contribution >= 4 is 0 Å². The van der Waals surface area contributed by atoms with Gasteiger partial charge in [-0.25, -0.2) is 0 Å². The first-order valence-electron chi connectivity index (χ1n) is 14.8. The summed E-state index contributed by atoms with van der Waals surface area (Å²) in [6.07, 6.45) is 33.7. The van der Waals surface area contributed by atoms with E-state index in [0.717, 1.165) is 35.5 Å². The van der Waals surface area contributed by atoms with Crippen molar-refractivity contribution in [2.75, 3.05) is 0 Å². The van der Waals surface area contributed by atoms with Crippen LogP contribution in [0.4, 0.5) is 0 Å². The Morgan fingerprint density at radius 2 is 0.733 bits per heavy atom. The van der Waals surface area contributed by atoms with Crippen molar-refractivity contribution in [3.05, 3.63) is 0 Å². The molecule has 176 valence electrons. The van der Waals surface area contributed by atoms with Gasteiger partial charge in [0.15, 0.2) is 0 Å². The molecule has 0 spiro atoms. The Bertz CT molecular complexity index is 402. The van der Waals surface area contributed by atoms with Crippen LogP contribution in [0.25, 0.3) is 0 Å². The van der Waals surface area contributed by atoms with Crippen LogP contribution in [0.3, 0.4) is 0 Å². The van der Waals surface area contributed by atoms with Crippen molar-refractivity contribution in [1.82, 2.24) is 0 Å². The predicted molar refractivity (Wildman–Crippen MR) is 134 cm³/mol. The van der Waals surface area contributed by atoms with Crippen molar-refractivity contribution in [3.63, 3.8) is 0 Å². The second kappa shape index (κ2) is 14.2. The molecule has 30 heavy (non-hydrogen) atoms. The summed E-state index contributed by atoms with van der Waals surface area (Å²) in [6, 6.07) is 0. The van der Waals surface area contributed by atoms with Crippen LogP contribution in [0, 0.1) is 35.5 Å². The molecule has 0 aromatic carbocycles. The number of rotatable bonds is 12. The van der Waals surface area contributed by atoms with Gasteiger partial charge in [-0.1, -0.05) is 104 Å². The molecule has 0 unspecified atom stereocenters. The maximum absolute atomic E-state index is 2.37. The molecule has 0 atom stereocenters. The predicted octanol–water partition coefficient (Wildman–Crippen LogP) is 10.3. The first-order chi connectivity index (χ1) is 14.8. The molecule has 0 N–H and O–H groups in total. The molecule has 0 heteroatoms. The Kier molecular flexibility index (Phi) is 11.7. The number of unbranched alkanes of at least 4 members (excludes halogenated alkanes) is 6. The molecule has 0 bridgehead atoms. The van der Waals surface area contributed by atoms with Gasteiger partial charge in [-0.3, -0.25) is 0 Å². The first-order valence-corrected chi connectivity index (χ1v) is 14.8. The summed E-state index contributed by atoms with van der Waals surface area (Å²) in [5, 5.41) is 0. The lowest BCUT2D eigenvalue weighted by atomic mass is 9.64. The molecule has 0 heterocycles. The molecule has 0 amide bonds. The van der Waals surface area contributed by atoms with E-state index < -0.39 is 0 Å². The zero-order valence-electron chi connectivity index (χ0n) is 21.0. The summed E-state index contributed by atoms with van der Waals surface area (Å²) < 4.78 is 0. The minimum atomic E-state index is 1.08. The average molecular weight is 417 g/mol. The third-order valence-electron chi connectivity index (χ3n) is 9.85. The molecule has 3 saturated carbocycles. The van der Waals surface area contributed by atoms with E-state index in [4.69, 9.17) is 0 Å². The fraction of sp³-hybridized carbons (Fsp3) is 1.00. The normalized spacial score (nSPS) is 35.4. The van der Waals surface area contributed by atoms with Crippen LogP contribution in [0.15, 0.2) is 0 Å². The van der Waals surface area contributed by atoms with E-state index in [9.17, 15) is 0 Å². The molecular formula is C30H56. The largest absolute Gasteiger partial charge is 0.0654 e. The highest BCUT2D eigenvalue weighted by Crippen LogP contribution is 2.46. The average Bonchev–Trinajstić information content (AvgIpc) is 2.80. The van der Waals surface area contributed by atoms with Gasteiger partial charge in [0.2, 0.25) is 0 Å². The quantitative estimate of drug-likeness (QED) is 0.277. The monoisotopic (exact) mass is 416 g/mol. The minimum Gasteiger partial charge on any atom is -0.0654 e. The maximum atomic E-state index is 2.37. The number of hydrogen-bond donors (Lipinski definition) is 0. The SMILES string of the molecule is CCCCCCCCCC1CCC(C2CCC(C3CCC(CCC)CC3)CC2)CC1. The standard InChI is InChI=1S/C30H56/c1-3-5-6-7-8-9-10-12-26-15-19-28(20-16-26)30-23-21-29(22-24-30)27-17-13-25(11-4-2)14-18-27/h25-30H,3-24H2,1-2H3. The Balaban J connectivity index is 1.23. The molecule has 3 aliphatic rings. The van der Waals surface area contributed by atoms with Gasteiger partial charge in [0.05, 0.1) is 0 Å². The highest BCUT2D eigenvalue weighted by atomic mass is 14.4. The lowest BCUT2D eigenvalue weighted by Gasteiger charge is -2.41. The summed E-state index contributed by atoms with van der Waals surface area (Å²) in [4.78, 5) is 0. The topological polar surface area (TPSA) is 0 Å². The van der Waals surface area contributed by atoms with E-state index in [2.05, 4.69) is 13.8 Å². The molecule has 0 aromatic rings. The van der Waals surface area contributed by atoms with Crippen LogP contribution < -0.4 is 0 Å². The Labute approximate surface area is 190 Å². The van der Waals surface area contributed by atoms with E-state index >= 15 is 0 Å². The third kappa shape index (κ3) is 8.16. The first kappa shape index (κ1) is 24.6. The van der Waals surface area contributed by atoms with Crippen molar-refractivity contribution < 1.29 is 0 Å². The summed E-state index contributed by atoms with van der Waals surface area (Å²) in [5.74, 6) is 6.60. The van der Waals surface area contributed by atoms with Crippen molar-refractivity contribution in [3.8, 4) is 0 Å². The zero-order valence-corrected chi connectivity index (χ0v) is 21.0. The molecule has 0 aromatic heterocycles. The highest BCUT2D eigenvalue weighted by Gasteiger charge is 2.34. The van der Waals surface area contributed by atoms with Gasteiger partial charge >= 0.3 is 0 Å². The van der Waals surface area contributed by atoms with Crippen LogP contribution in [-0.2, 0) is 0 Å². The molecule has 3 rings (SSSR count). The van der Waals surface area contributed by atoms with Gasteiger partial charge in [0.25, 0.3) is 0 Å². The Morgan fingerprint density at radius 1 is 0.367 bits per heavy atom. The fourth-order valence-electron chi connectivity index (χ4n) is 7.78. The second-order valence-corrected chi connectivity index (χ2v) is 11.9. The van der Waals surface area contributed by atoms with E-state index in [0.29, 0.717) is 0 Å². The molecule has 0 radical (unpaired) electrons. The minimum absolute atomic E-state index is 1.08. The fourth-order valence-corrected chi connectivity index (χ4v) is 7.78. The van der Waals surface area contributed by atoms with Gasteiger partial charge in [-0.2, -0.15) is 0 Å². The van der Waals surface area contributed by atoms with Crippen LogP contribution in [0.2, 0.25) is 0 Å². The van der Waals surface area contributed by atoms with Crippen LogP contribution in [-0.4, -0.2) is 0 Å². The van der Waals surface area contributed by atoms with Crippen LogP contribution >= 0.6 is 0 Å². The van der Waals surface area contributed by atoms with Gasteiger partial charge in [0.1, 0.15) is 0 Å². The lowest BCUT2D eigenvalue weighted by Crippen LogP contribution is -2.29. The third-order valence-corrected chi connectivity index (χ3v) is 9.85. The van der Waals surface area contributed by atoms with Gasteiger partial charge in [-0.05, 0) is 86.9 Å². The second-order valence-electron chi connectivity index (χ2n) is 11.9. The molecule has 0 nitrogen and oxygen atoms in total. The van der Waals surface area contributed by atoms with E-state index in [1.165, 1.54) is 57.8 Å². The number of hydrogen-bond acceptors (Lipinski definition) is 0. The van der Waals surface area contributed by atoms with E-state index in [1.807, 2.05) is 0 Å². The van der Waals surface area contributed by atoms with Crippen molar-refractivity contribution in [1.29, 1.82) is 0 Å². The van der Waals surface area contributed by atoms with E-state index in [-0.39, 0.29) is 0 Å². The lowest BCUT2D eigenvalue weighted by molar-refractivity contribution is 0.102. The smallest absolute Gasteiger partial charge is 0.0386 e. The van der Waals surface area contributed by atoms with Crippen molar-refractivity contribution in [2.24, 2.45) is 35.5 Å². The maximum Gasteiger partial charge on any atom is -0.0386 e. The molecular weight excluding hydrogens is 360 g/mol. The summed E-state index contributed by atoms with van der Waals surface area (Å²) in [5.41, 5.74) is 0. The molecule has 0 saturated heterocycles. The van der Waals surface area contributed by atoms with Gasteiger partial charge < -0.3 is 0 Å². The summed E-state index contributed by atoms with van der Waals surface area (Å²) in [7, 11) is 0. The van der Waals surface area contributed by atoms with Crippen LogP contribution in [0.1, 0.15) is 155 Å².